The van der Waals surface area contributed by atoms with E-state index in [0.717, 1.165) is 56.5 Å². The first-order valence-corrected chi connectivity index (χ1v) is 10.9. The fourth-order valence-electron chi connectivity index (χ4n) is 3.93. The average Bonchev–Trinajstić information content (AvgIpc) is 3.28. The smallest absolute Gasteiger partial charge is 0.194 e. The molecule has 8 heteroatoms. The third kappa shape index (κ3) is 6.09. The van der Waals surface area contributed by atoms with Gasteiger partial charge < -0.3 is 19.7 Å². The Labute approximate surface area is 198 Å². The minimum atomic E-state index is 0. The van der Waals surface area contributed by atoms with E-state index in [0.29, 0.717) is 18.5 Å². The van der Waals surface area contributed by atoms with Crippen LogP contribution in [0.2, 0.25) is 0 Å². The molecule has 2 atom stereocenters. The van der Waals surface area contributed by atoms with Gasteiger partial charge in [-0.2, -0.15) is 0 Å². The standard InChI is InChI=1S/C22H35N7.HI/c1-5-24-22(26-15-19-8-9-21(25-14-19)27(6-2)7-3)28-12-10-18(4)20(16-28)29-13-11-23-17-29;/h8-9,11,13-14,17-18,20H,5-7,10,12,15-16H2,1-4H3,(H,24,26);1H. The second kappa shape index (κ2) is 12.1. The molecular weight excluding hydrogens is 489 g/mol. The lowest BCUT2D eigenvalue weighted by molar-refractivity contribution is 0.189. The summed E-state index contributed by atoms with van der Waals surface area (Å²) >= 11 is 0. The number of aromatic nitrogens is 3. The number of nitrogens with one attached hydrogen (secondary N) is 1. The molecule has 0 bridgehead atoms. The van der Waals surface area contributed by atoms with Crippen LogP contribution >= 0.6 is 24.0 Å². The predicted molar refractivity (Wildman–Crippen MR) is 135 cm³/mol. The Morgan fingerprint density at radius 3 is 2.67 bits per heavy atom. The van der Waals surface area contributed by atoms with Gasteiger partial charge in [0.2, 0.25) is 0 Å². The Kier molecular flexibility index (Phi) is 9.87. The number of pyridine rings is 1. The molecule has 0 amide bonds. The molecule has 1 saturated heterocycles. The van der Waals surface area contributed by atoms with E-state index in [4.69, 9.17) is 4.99 Å². The summed E-state index contributed by atoms with van der Waals surface area (Å²) < 4.78 is 2.23. The van der Waals surface area contributed by atoms with Crippen molar-refractivity contribution in [1.82, 2.24) is 24.8 Å². The van der Waals surface area contributed by atoms with Crippen LogP contribution in [0.5, 0.6) is 0 Å². The van der Waals surface area contributed by atoms with Crippen molar-refractivity contribution in [3.8, 4) is 0 Å². The van der Waals surface area contributed by atoms with Crippen LogP contribution in [-0.2, 0) is 6.54 Å². The minimum Gasteiger partial charge on any atom is -0.357 e. The molecule has 1 aliphatic rings. The number of likely N-dealkylation sites (tertiary alicyclic amines) is 1. The van der Waals surface area contributed by atoms with E-state index in [1.807, 2.05) is 18.7 Å². The van der Waals surface area contributed by atoms with E-state index >= 15 is 0 Å². The van der Waals surface area contributed by atoms with E-state index < -0.39 is 0 Å². The van der Waals surface area contributed by atoms with Crippen molar-refractivity contribution < 1.29 is 0 Å². The Balaban J connectivity index is 0.00000320. The first-order valence-electron chi connectivity index (χ1n) is 10.9. The first-order chi connectivity index (χ1) is 14.2. The molecule has 1 fully saturated rings. The van der Waals surface area contributed by atoms with Gasteiger partial charge in [0.15, 0.2) is 5.96 Å². The van der Waals surface area contributed by atoms with Gasteiger partial charge in [-0.1, -0.05) is 13.0 Å². The third-order valence-electron chi connectivity index (χ3n) is 5.77. The number of hydrogen-bond donors (Lipinski definition) is 1. The summed E-state index contributed by atoms with van der Waals surface area (Å²) in [5.74, 6) is 2.64. The number of nitrogens with zero attached hydrogens (tertiary/aromatic N) is 6. The van der Waals surface area contributed by atoms with Crippen LogP contribution in [0.3, 0.4) is 0 Å². The predicted octanol–water partition coefficient (Wildman–Crippen LogP) is 3.79. The highest BCUT2D eigenvalue weighted by atomic mass is 127. The molecule has 3 heterocycles. The quantitative estimate of drug-likeness (QED) is 0.339. The summed E-state index contributed by atoms with van der Waals surface area (Å²) in [5.41, 5.74) is 1.13. The Morgan fingerprint density at radius 2 is 2.07 bits per heavy atom. The summed E-state index contributed by atoms with van der Waals surface area (Å²) in [5, 5.41) is 3.47. The van der Waals surface area contributed by atoms with Crippen molar-refractivity contribution in [2.75, 3.05) is 37.6 Å². The number of anilines is 1. The molecule has 0 aliphatic carbocycles. The topological polar surface area (TPSA) is 61.6 Å². The van der Waals surface area contributed by atoms with E-state index in [-0.39, 0.29) is 24.0 Å². The molecule has 1 aliphatic heterocycles. The highest BCUT2D eigenvalue weighted by Gasteiger charge is 2.28. The minimum absolute atomic E-state index is 0. The maximum absolute atomic E-state index is 4.92. The number of guanidine groups is 1. The van der Waals surface area contributed by atoms with E-state index in [2.05, 4.69) is 75.7 Å². The van der Waals surface area contributed by atoms with Crippen LogP contribution in [0.4, 0.5) is 5.82 Å². The number of halogens is 1. The van der Waals surface area contributed by atoms with Gasteiger partial charge in [-0.15, -0.1) is 24.0 Å². The molecule has 0 spiro atoms. The summed E-state index contributed by atoms with van der Waals surface area (Å²) in [6.45, 7) is 14.2. The first kappa shape index (κ1) is 24.4. The van der Waals surface area contributed by atoms with Gasteiger partial charge in [0.1, 0.15) is 5.82 Å². The van der Waals surface area contributed by atoms with Crippen LogP contribution in [0.15, 0.2) is 42.0 Å². The largest absolute Gasteiger partial charge is 0.357 e. The Hall–Kier alpha value is -1.84. The Morgan fingerprint density at radius 1 is 1.27 bits per heavy atom. The summed E-state index contributed by atoms with van der Waals surface area (Å²) in [6.07, 6.45) is 8.95. The van der Waals surface area contributed by atoms with E-state index in [1.54, 1.807) is 0 Å². The molecule has 166 valence electrons. The molecular formula is C22H36IN7. The van der Waals surface area contributed by atoms with Crippen LogP contribution in [-0.4, -0.2) is 58.1 Å². The molecule has 2 aromatic rings. The van der Waals surface area contributed by atoms with E-state index in [1.165, 1.54) is 0 Å². The number of rotatable bonds is 7. The maximum atomic E-state index is 4.92. The molecule has 0 aromatic carbocycles. The third-order valence-corrected chi connectivity index (χ3v) is 5.77. The van der Waals surface area contributed by atoms with Crippen molar-refractivity contribution >= 4 is 35.8 Å². The fraction of sp³-hybridized carbons (Fsp3) is 0.591. The summed E-state index contributed by atoms with van der Waals surface area (Å²) in [4.78, 5) is 18.4. The fourth-order valence-corrected chi connectivity index (χ4v) is 3.93. The number of imidazole rings is 1. The van der Waals surface area contributed by atoms with Crippen LogP contribution in [0.25, 0.3) is 0 Å². The normalized spacial score (nSPS) is 19.3. The number of hydrogen-bond acceptors (Lipinski definition) is 4. The zero-order chi connectivity index (χ0) is 20.6. The Bertz CT molecular complexity index is 756. The zero-order valence-electron chi connectivity index (χ0n) is 18.7. The lowest BCUT2D eigenvalue weighted by Crippen LogP contribution is -2.49. The summed E-state index contributed by atoms with van der Waals surface area (Å²) in [7, 11) is 0. The van der Waals surface area contributed by atoms with Gasteiger partial charge in [-0.05, 0) is 44.7 Å². The molecule has 0 radical (unpaired) electrons. The van der Waals surface area contributed by atoms with Gasteiger partial charge in [0, 0.05) is 51.3 Å². The maximum Gasteiger partial charge on any atom is 0.194 e. The van der Waals surface area contributed by atoms with Crippen LogP contribution in [0, 0.1) is 5.92 Å². The van der Waals surface area contributed by atoms with Crippen molar-refractivity contribution in [2.45, 2.75) is 46.7 Å². The number of piperidine rings is 1. The van der Waals surface area contributed by atoms with Crippen molar-refractivity contribution in [3.63, 3.8) is 0 Å². The monoisotopic (exact) mass is 525 g/mol. The number of aliphatic imine (C=N–C) groups is 1. The second-order valence-corrected chi connectivity index (χ2v) is 7.66. The van der Waals surface area contributed by atoms with Crippen molar-refractivity contribution in [2.24, 2.45) is 10.9 Å². The van der Waals surface area contributed by atoms with Gasteiger partial charge >= 0.3 is 0 Å². The molecule has 2 unspecified atom stereocenters. The van der Waals surface area contributed by atoms with Crippen LogP contribution in [0.1, 0.15) is 45.7 Å². The van der Waals surface area contributed by atoms with Gasteiger partial charge in [-0.3, -0.25) is 0 Å². The average molecular weight is 525 g/mol. The molecule has 0 saturated carbocycles. The molecule has 1 N–H and O–H groups in total. The lowest BCUT2D eigenvalue weighted by atomic mass is 9.93. The summed E-state index contributed by atoms with van der Waals surface area (Å²) in [6, 6.07) is 4.66. The van der Waals surface area contributed by atoms with Crippen molar-refractivity contribution in [3.05, 3.63) is 42.6 Å². The highest BCUT2D eigenvalue weighted by Crippen LogP contribution is 2.27. The SMILES string of the molecule is CCNC(=NCc1ccc(N(CC)CC)nc1)N1CCC(C)C(n2ccnc2)C1.I. The molecule has 2 aromatic heterocycles. The molecule has 7 nitrogen and oxygen atoms in total. The van der Waals surface area contributed by atoms with Gasteiger partial charge in [0.25, 0.3) is 0 Å². The molecule has 30 heavy (non-hydrogen) atoms. The zero-order valence-corrected chi connectivity index (χ0v) is 21.0. The van der Waals surface area contributed by atoms with E-state index in [9.17, 15) is 0 Å². The highest BCUT2D eigenvalue weighted by molar-refractivity contribution is 14.0. The van der Waals surface area contributed by atoms with Crippen molar-refractivity contribution in [1.29, 1.82) is 0 Å². The van der Waals surface area contributed by atoms with Gasteiger partial charge in [-0.25, -0.2) is 15.0 Å². The molecule has 3 rings (SSSR count). The lowest BCUT2D eigenvalue weighted by Gasteiger charge is -2.39. The van der Waals surface area contributed by atoms with Crippen LogP contribution < -0.4 is 10.2 Å². The second-order valence-electron chi connectivity index (χ2n) is 7.66. The van der Waals surface area contributed by atoms with Gasteiger partial charge in [0.05, 0.1) is 18.9 Å².